The Morgan fingerprint density at radius 1 is 1.20 bits per heavy atom. The Balaban J connectivity index is 1.34. The molecule has 1 N–H and O–H groups in total. The lowest BCUT2D eigenvalue weighted by molar-refractivity contribution is -0.125. The molecule has 132 valence electrons. The molecule has 3 heterocycles. The first-order chi connectivity index (χ1) is 12.3. The first-order valence-corrected chi connectivity index (χ1v) is 9.44. The average Bonchev–Trinajstić information content (AvgIpc) is 3.36. The van der Waals surface area contributed by atoms with E-state index in [2.05, 4.69) is 40.5 Å². The maximum Gasteiger partial charge on any atom is 0.224 e. The van der Waals surface area contributed by atoms with Crippen molar-refractivity contribution in [1.82, 2.24) is 10.2 Å². The molecule has 0 radical (unpaired) electrons. The van der Waals surface area contributed by atoms with Crippen LogP contribution in [-0.4, -0.2) is 29.9 Å². The molecule has 2 saturated heterocycles. The van der Waals surface area contributed by atoms with E-state index in [1.165, 1.54) is 12.0 Å². The van der Waals surface area contributed by atoms with Gasteiger partial charge >= 0.3 is 0 Å². The number of benzene rings is 1. The molecule has 2 aromatic rings. The first-order valence-electron chi connectivity index (χ1n) is 9.44. The fourth-order valence-corrected chi connectivity index (χ4v) is 4.51. The Labute approximate surface area is 149 Å². The second-order valence-electron chi connectivity index (χ2n) is 7.19. The van der Waals surface area contributed by atoms with Gasteiger partial charge in [-0.1, -0.05) is 30.3 Å². The van der Waals surface area contributed by atoms with Crippen molar-refractivity contribution in [3.05, 3.63) is 60.1 Å². The normalized spacial score (nSPS) is 25.8. The number of rotatable bonds is 6. The molecule has 2 aliphatic rings. The van der Waals surface area contributed by atoms with Crippen molar-refractivity contribution < 1.29 is 9.21 Å². The molecule has 2 fully saturated rings. The lowest BCUT2D eigenvalue weighted by Gasteiger charge is -2.24. The smallest absolute Gasteiger partial charge is 0.224 e. The Hall–Kier alpha value is -2.07. The predicted molar refractivity (Wildman–Crippen MR) is 97.1 cm³/mol. The van der Waals surface area contributed by atoms with Crippen molar-refractivity contribution in [2.75, 3.05) is 13.1 Å². The standard InChI is InChI=1S/C21H26N2O2/c24-21(22-12-4-9-17-10-6-14-25-17)18-15-20(16-7-2-1-3-8-16)23-13-5-11-19(18)23/h1-3,6-8,10,14,18-20H,4-5,9,11-13,15H2,(H,22,24)/t18-,19+,20-/m1/s1. The summed E-state index contributed by atoms with van der Waals surface area (Å²) in [5.74, 6) is 1.34. The molecule has 25 heavy (non-hydrogen) atoms. The molecule has 2 aliphatic heterocycles. The summed E-state index contributed by atoms with van der Waals surface area (Å²) in [5, 5.41) is 3.16. The highest BCUT2D eigenvalue weighted by Crippen LogP contribution is 2.44. The van der Waals surface area contributed by atoms with E-state index in [9.17, 15) is 4.79 Å². The fourth-order valence-electron chi connectivity index (χ4n) is 4.51. The van der Waals surface area contributed by atoms with E-state index in [1.807, 2.05) is 12.1 Å². The zero-order valence-electron chi connectivity index (χ0n) is 14.6. The van der Waals surface area contributed by atoms with Gasteiger partial charge in [-0.15, -0.1) is 0 Å². The van der Waals surface area contributed by atoms with Gasteiger partial charge in [0.1, 0.15) is 5.76 Å². The molecule has 0 spiro atoms. The number of fused-ring (bicyclic) bond motifs is 1. The summed E-state index contributed by atoms with van der Waals surface area (Å²) < 4.78 is 5.34. The van der Waals surface area contributed by atoms with E-state index in [0.29, 0.717) is 12.1 Å². The maximum absolute atomic E-state index is 12.8. The zero-order chi connectivity index (χ0) is 17.1. The van der Waals surface area contributed by atoms with E-state index < -0.39 is 0 Å². The number of carbonyl (C=O) groups is 1. The Morgan fingerprint density at radius 2 is 2.08 bits per heavy atom. The quantitative estimate of drug-likeness (QED) is 0.819. The van der Waals surface area contributed by atoms with Crippen LogP contribution < -0.4 is 5.32 Å². The van der Waals surface area contributed by atoms with Crippen LogP contribution in [0.3, 0.4) is 0 Å². The summed E-state index contributed by atoms with van der Waals surface area (Å²) in [6.07, 6.45) is 6.79. The van der Waals surface area contributed by atoms with Crippen molar-refractivity contribution >= 4 is 5.91 Å². The third kappa shape index (κ3) is 3.49. The lowest BCUT2D eigenvalue weighted by Crippen LogP contribution is -2.37. The van der Waals surface area contributed by atoms with Crippen LogP contribution >= 0.6 is 0 Å². The van der Waals surface area contributed by atoms with Gasteiger partial charge in [-0.2, -0.15) is 0 Å². The molecule has 0 unspecified atom stereocenters. The Kier molecular flexibility index (Phi) is 4.88. The Bertz CT molecular complexity index is 683. The monoisotopic (exact) mass is 338 g/mol. The van der Waals surface area contributed by atoms with Crippen LogP contribution in [0.25, 0.3) is 0 Å². The molecular formula is C21H26N2O2. The topological polar surface area (TPSA) is 45.5 Å². The molecule has 4 rings (SSSR count). The second-order valence-corrected chi connectivity index (χ2v) is 7.19. The third-order valence-corrected chi connectivity index (χ3v) is 5.68. The number of hydrogen-bond donors (Lipinski definition) is 1. The van der Waals surface area contributed by atoms with Gasteiger partial charge < -0.3 is 9.73 Å². The molecule has 0 aliphatic carbocycles. The molecule has 4 heteroatoms. The van der Waals surface area contributed by atoms with Gasteiger partial charge in [0.2, 0.25) is 5.91 Å². The lowest BCUT2D eigenvalue weighted by atomic mass is 9.93. The maximum atomic E-state index is 12.8. The van der Waals surface area contributed by atoms with Crippen LogP contribution in [-0.2, 0) is 11.2 Å². The molecule has 1 aromatic carbocycles. The van der Waals surface area contributed by atoms with Gasteiger partial charge in [-0.3, -0.25) is 9.69 Å². The van der Waals surface area contributed by atoms with Gasteiger partial charge in [-0.05, 0) is 49.9 Å². The van der Waals surface area contributed by atoms with E-state index in [1.54, 1.807) is 6.26 Å². The summed E-state index contributed by atoms with van der Waals surface area (Å²) >= 11 is 0. The number of aryl methyl sites for hydroxylation is 1. The number of nitrogens with one attached hydrogen (secondary N) is 1. The number of hydrogen-bond acceptors (Lipinski definition) is 3. The minimum atomic E-state index is 0.122. The highest BCUT2D eigenvalue weighted by Gasteiger charge is 2.46. The highest BCUT2D eigenvalue weighted by molar-refractivity contribution is 5.80. The number of amides is 1. The summed E-state index contributed by atoms with van der Waals surface area (Å²) in [5.41, 5.74) is 1.35. The second kappa shape index (κ2) is 7.44. The van der Waals surface area contributed by atoms with Crippen LogP contribution in [0.2, 0.25) is 0 Å². The van der Waals surface area contributed by atoms with E-state index in [-0.39, 0.29) is 11.8 Å². The first kappa shape index (κ1) is 16.4. The van der Waals surface area contributed by atoms with Crippen LogP contribution in [0.1, 0.15) is 43.0 Å². The molecule has 4 nitrogen and oxygen atoms in total. The summed E-state index contributed by atoms with van der Waals surface area (Å²) in [6.45, 7) is 1.84. The molecule has 1 amide bonds. The minimum absolute atomic E-state index is 0.122. The van der Waals surface area contributed by atoms with E-state index >= 15 is 0 Å². The predicted octanol–water partition coefficient (Wildman–Crippen LogP) is 3.55. The van der Waals surface area contributed by atoms with Crippen molar-refractivity contribution in [3.8, 4) is 0 Å². The molecule has 0 saturated carbocycles. The Morgan fingerprint density at radius 3 is 2.88 bits per heavy atom. The van der Waals surface area contributed by atoms with Crippen molar-refractivity contribution in [3.63, 3.8) is 0 Å². The molecule has 1 aromatic heterocycles. The van der Waals surface area contributed by atoms with Gasteiger partial charge in [0.15, 0.2) is 0 Å². The minimum Gasteiger partial charge on any atom is -0.469 e. The molecule has 0 bridgehead atoms. The van der Waals surface area contributed by atoms with Gasteiger partial charge in [-0.25, -0.2) is 0 Å². The third-order valence-electron chi connectivity index (χ3n) is 5.68. The number of nitrogens with zero attached hydrogens (tertiary/aromatic N) is 1. The van der Waals surface area contributed by atoms with Gasteiger partial charge in [0, 0.05) is 25.0 Å². The van der Waals surface area contributed by atoms with Crippen molar-refractivity contribution in [1.29, 1.82) is 0 Å². The van der Waals surface area contributed by atoms with Gasteiger partial charge in [0.05, 0.1) is 12.2 Å². The van der Waals surface area contributed by atoms with Gasteiger partial charge in [0.25, 0.3) is 0 Å². The van der Waals surface area contributed by atoms with Crippen LogP contribution in [0.5, 0.6) is 0 Å². The molecular weight excluding hydrogens is 312 g/mol. The van der Waals surface area contributed by atoms with Crippen molar-refractivity contribution in [2.24, 2.45) is 5.92 Å². The SMILES string of the molecule is O=C(NCCCc1ccco1)[C@@H]1C[C@H](c2ccccc2)N2CCC[C@@H]12. The summed E-state index contributed by atoms with van der Waals surface area (Å²) in [7, 11) is 0. The summed E-state index contributed by atoms with van der Waals surface area (Å²) in [6, 6.07) is 15.4. The van der Waals surface area contributed by atoms with Crippen LogP contribution in [0, 0.1) is 5.92 Å². The van der Waals surface area contributed by atoms with E-state index in [4.69, 9.17) is 4.42 Å². The van der Waals surface area contributed by atoms with E-state index in [0.717, 1.165) is 44.5 Å². The zero-order valence-corrected chi connectivity index (χ0v) is 14.6. The number of carbonyl (C=O) groups excluding carboxylic acids is 1. The largest absolute Gasteiger partial charge is 0.469 e. The fraction of sp³-hybridized carbons (Fsp3) is 0.476. The van der Waals surface area contributed by atoms with Crippen molar-refractivity contribution in [2.45, 2.75) is 44.2 Å². The highest BCUT2D eigenvalue weighted by atomic mass is 16.3. The van der Waals surface area contributed by atoms with Crippen LogP contribution in [0.4, 0.5) is 0 Å². The molecule has 3 atom stereocenters. The average molecular weight is 338 g/mol. The number of furan rings is 1. The van der Waals surface area contributed by atoms with Crippen LogP contribution in [0.15, 0.2) is 53.1 Å². The summed E-state index contributed by atoms with van der Waals surface area (Å²) in [4.78, 5) is 15.3.